The van der Waals surface area contributed by atoms with Crippen molar-refractivity contribution in [3.8, 4) is 0 Å². The van der Waals surface area contributed by atoms with E-state index in [0.717, 1.165) is 36.9 Å². The number of hydrogen-bond donors (Lipinski definition) is 1. The molecule has 3 rings (SSSR count). The van der Waals surface area contributed by atoms with Crippen LogP contribution in [0.5, 0.6) is 0 Å². The van der Waals surface area contributed by atoms with Crippen LogP contribution in [0.15, 0.2) is 48.5 Å². The summed E-state index contributed by atoms with van der Waals surface area (Å²) < 4.78 is 0. The number of para-hydroxylation sites is 3. The standard InChI is InChI=1S/C17H20ClN3/c1-20-12-13-21(17-9-5-4-8-16(17)20)11-10-19-15-7-3-2-6-14(15)18/h2-9,19H,10-13H2,1H3. The predicted octanol–water partition coefficient (Wildman–Crippen LogP) is 3.71. The van der Waals surface area contributed by atoms with Crippen LogP contribution in [0.25, 0.3) is 0 Å². The second kappa shape index (κ2) is 6.27. The summed E-state index contributed by atoms with van der Waals surface area (Å²) in [5, 5.41) is 4.19. The predicted molar refractivity (Wildman–Crippen MR) is 91.9 cm³/mol. The molecule has 0 spiro atoms. The fourth-order valence-corrected chi connectivity index (χ4v) is 2.93. The zero-order chi connectivity index (χ0) is 14.7. The molecule has 0 saturated heterocycles. The molecule has 2 aromatic carbocycles. The average Bonchev–Trinajstić information content (AvgIpc) is 2.52. The summed E-state index contributed by atoms with van der Waals surface area (Å²) in [5.41, 5.74) is 3.62. The maximum absolute atomic E-state index is 6.16. The Labute approximate surface area is 131 Å². The Kier molecular flexibility index (Phi) is 4.20. The Balaban J connectivity index is 1.64. The molecular formula is C17H20ClN3. The highest BCUT2D eigenvalue weighted by atomic mass is 35.5. The van der Waals surface area contributed by atoms with Gasteiger partial charge >= 0.3 is 0 Å². The third-order valence-corrected chi connectivity index (χ3v) is 4.24. The molecule has 0 aliphatic carbocycles. The van der Waals surface area contributed by atoms with Crippen molar-refractivity contribution < 1.29 is 0 Å². The van der Waals surface area contributed by atoms with E-state index >= 15 is 0 Å². The van der Waals surface area contributed by atoms with Crippen LogP contribution in [0.1, 0.15) is 0 Å². The summed E-state index contributed by atoms with van der Waals surface area (Å²) >= 11 is 6.16. The molecule has 0 fully saturated rings. The highest BCUT2D eigenvalue weighted by Gasteiger charge is 2.18. The molecule has 0 unspecified atom stereocenters. The summed E-state index contributed by atoms with van der Waals surface area (Å²) in [6, 6.07) is 16.5. The van der Waals surface area contributed by atoms with Gasteiger partial charge in [-0.2, -0.15) is 0 Å². The normalized spacial score (nSPS) is 14.0. The van der Waals surface area contributed by atoms with Gasteiger partial charge in [-0.3, -0.25) is 0 Å². The van der Waals surface area contributed by atoms with Gasteiger partial charge in [0.05, 0.1) is 22.1 Å². The number of nitrogens with zero attached hydrogens (tertiary/aromatic N) is 2. The van der Waals surface area contributed by atoms with Gasteiger partial charge in [-0.25, -0.2) is 0 Å². The van der Waals surface area contributed by atoms with E-state index in [1.807, 2.05) is 24.3 Å². The van der Waals surface area contributed by atoms with Crippen LogP contribution < -0.4 is 15.1 Å². The summed E-state index contributed by atoms with van der Waals surface area (Å²) in [6.07, 6.45) is 0. The molecule has 0 radical (unpaired) electrons. The number of rotatable bonds is 4. The van der Waals surface area contributed by atoms with E-state index in [1.165, 1.54) is 11.4 Å². The topological polar surface area (TPSA) is 18.5 Å². The molecule has 1 aliphatic heterocycles. The molecule has 1 heterocycles. The van der Waals surface area contributed by atoms with Gasteiger partial charge in [-0.15, -0.1) is 0 Å². The Hall–Kier alpha value is -1.87. The minimum Gasteiger partial charge on any atom is -0.382 e. The van der Waals surface area contributed by atoms with Crippen LogP contribution >= 0.6 is 11.6 Å². The van der Waals surface area contributed by atoms with Gasteiger partial charge in [0.25, 0.3) is 0 Å². The van der Waals surface area contributed by atoms with Crippen molar-refractivity contribution in [3.05, 3.63) is 53.6 Å². The lowest BCUT2D eigenvalue weighted by Gasteiger charge is -2.37. The van der Waals surface area contributed by atoms with Gasteiger partial charge in [0.15, 0.2) is 0 Å². The number of hydrogen-bond acceptors (Lipinski definition) is 3. The quantitative estimate of drug-likeness (QED) is 0.929. The van der Waals surface area contributed by atoms with Crippen LogP contribution in [0, 0.1) is 0 Å². The van der Waals surface area contributed by atoms with Crippen molar-refractivity contribution in [3.63, 3.8) is 0 Å². The second-order valence-electron chi connectivity index (χ2n) is 5.30. The highest BCUT2D eigenvalue weighted by molar-refractivity contribution is 6.33. The minimum absolute atomic E-state index is 0.774. The Morgan fingerprint density at radius 3 is 2.52 bits per heavy atom. The van der Waals surface area contributed by atoms with Crippen LogP contribution in [0.2, 0.25) is 5.02 Å². The van der Waals surface area contributed by atoms with E-state index in [4.69, 9.17) is 11.6 Å². The van der Waals surface area contributed by atoms with Gasteiger partial charge in [0, 0.05) is 33.2 Å². The molecule has 21 heavy (non-hydrogen) atoms. The number of anilines is 3. The molecular weight excluding hydrogens is 282 g/mol. The molecule has 2 aromatic rings. The Bertz CT molecular complexity index is 614. The third-order valence-electron chi connectivity index (χ3n) is 3.91. The number of nitrogens with one attached hydrogen (secondary N) is 1. The van der Waals surface area contributed by atoms with Crippen LogP contribution in [0.4, 0.5) is 17.1 Å². The van der Waals surface area contributed by atoms with E-state index < -0.39 is 0 Å². The van der Waals surface area contributed by atoms with Gasteiger partial charge in [0.1, 0.15) is 0 Å². The van der Waals surface area contributed by atoms with Crippen LogP contribution in [-0.2, 0) is 0 Å². The maximum Gasteiger partial charge on any atom is 0.0637 e. The monoisotopic (exact) mass is 301 g/mol. The summed E-state index contributed by atoms with van der Waals surface area (Å²) in [5.74, 6) is 0. The summed E-state index contributed by atoms with van der Waals surface area (Å²) in [4.78, 5) is 4.74. The fourth-order valence-electron chi connectivity index (χ4n) is 2.73. The molecule has 0 amide bonds. The number of halogens is 1. The summed E-state index contributed by atoms with van der Waals surface area (Å²) in [6.45, 7) is 3.96. The first-order chi connectivity index (χ1) is 10.3. The molecule has 1 N–H and O–H groups in total. The van der Waals surface area contributed by atoms with Crippen molar-refractivity contribution in [1.29, 1.82) is 0 Å². The lowest BCUT2D eigenvalue weighted by Crippen LogP contribution is -2.41. The molecule has 110 valence electrons. The number of fused-ring (bicyclic) bond motifs is 1. The van der Waals surface area contributed by atoms with E-state index in [9.17, 15) is 0 Å². The van der Waals surface area contributed by atoms with Gasteiger partial charge in [-0.1, -0.05) is 35.9 Å². The van der Waals surface area contributed by atoms with Crippen molar-refractivity contribution >= 4 is 28.7 Å². The highest BCUT2D eigenvalue weighted by Crippen LogP contribution is 2.31. The van der Waals surface area contributed by atoms with Crippen molar-refractivity contribution in [2.45, 2.75) is 0 Å². The van der Waals surface area contributed by atoms with Gasteiger partial charge in [0.2, 0.25) is 0 Å². The Morgan fingerprint density at radius 2 is 1.71 bits per heavy atom. The number of benzene rings is 2. The van der Waals surface area contributed by atoms with Crippen molar-refractivity contribution in [2.75, 3.05) is 48.3 Å². The molecule has 0 aromatic heterocycles. The average molecular weight is 302 g/mol. The first-order valence-electron chi connectivity index (χ1n) is 7.29. The van der Waals surface area contributed by atoms with Gasteiger partial charge in [-0.05, 0) is 24.3 Å². The fraction of sp³-hybridized carbons (Fsp3) is 0.294. The maximum atomic E-state index is 6.16. The smallest absolute Gasteiger partial charge is 0.0637 e. The molecule has 4 heteroatoms. The molecule has 3 nitrogen and oxygen atoms in total. The van der Waals surface area contributed by atoms with E-state index in [0.29, 0.717) is 0 Å². The SMILES string of the molecule is CN1CCN(CCNc2ccccc2Cl)c2ccccc21. The van der Waals surface area contributed by atoms with Crippen LogP contribution in [-0.4, -0.2) is 33.2 Å². The third kappa shape index (κ3) is 3.08. The largest absolute Gasteiger partial charge is 0.382 e. The Morgan fingerprint density at radius 1 is 1.00 bits per heavy atom. The van der Waals surface area contributed by atoms with E-state index in [2.05, 4.69) is 46.4 Å². The first-order valence-corrected chi connectivity index (χ1v) is 7.67. The lowest BCUT2D eigenvalue weighted by molar-refractivity contribution is 0.741. The lowest BCUT2D eigenvalue weighted by atomic mass is 10.2. The molecule has 0 bridgehead atoms. The van der Waals surface area contributed by atoms with Crippen molar-refractivity contribution in [1.82, 2.24) is 0 Å². The zero-order valence-electron chi connectivity index (χ0n) is 12.2. The first kappa shape index (κ1) is 14.1. The van der Waals surface area contributed by atoms with E-state index in [-0.39, 0.29) is 0 Å². The summed E-state index contributed by atoms with van der Waals surface area (Å²) in [7, 11) is 2.15. The van der Waals surface area contributed by atoms with E-state index in [1.54, 1.807) is 0 Å². The van der Waals surface area contributed by atoms with Crippen molar-refractivity contribution in [2.24, 2.45) is 0 Å². The number of likely N-dealkylation sites (N-methyl/N-ethyl adjacent to an activating group) is 1. The van der Waals surface area contributed by atoms with Gasteiger partial charge < -0.3 is 15.1 Å². The second-order valence-corrected chi connectivity index (χ2v) is 5.71. The molecule has 0 atom stereocenters. The minimum atomic E-state index is 0.774. The zero-order valence-corrected chi connectivity index (χ0v) is 13.0. The molecule has 0 saturated carbocycles. The molecule has 1 aliphatic rings. The van der Waals surface area contributed by atoms with Crippen LogP contribution in [0.3, 0.4) is 0 Å².